The number of carbonyl (C=O) groups excluding carboxylic acids is 1. The highest BCUT2D eigenvalue weighted by Gasteiger charge is 2.09. The molecule has 1 aromatic rings. The summed E-state index contributed by atoms with van der Waals surface area (Å²) in [7, 11) is 1.28. The van der Waals surface area contributed by atoms with E-state index in [1.54, 1.807) is 5.38 Å². The van der Waals surface area contributed by atoms with Crippen LogP contribution in [0.2, 0.25) is 0 Å². The van der Waals surface area contributed by atoms with Crippen molar-refractivity contribution in [3.63, 3.8) is 0 Å². The van der Waals surface area contributed by atoms with Gasteiger partial charge in [-0.1, -0.05) is 0 Å². The van der Waals surface area contributed by atoms with E-state index in [4.69, 9.17) is 9.84 Å². The molecule has 1 rings (SSSR count). The highest BCUT2D eigenvalue weighted by Crippen LogP contribution is 2.23. The van der Waals surface area contributed by atoms with Crippen molar-refractivity contribution in [2.45, 2.75) is 0 Å². The van der Waals surface area contributed by atoms with Crippen molar-refractivity contribution in [1.29, 1.82) is 0 Å². The summed E-state index contributed by atoms with van der Waals surface area (Å²) in [4.78, 5) is 21.1. The summed E-state index contributed by atoms with van der Waals surface area (Å²) in [6.45, 7) is -0.416. The molecule has 76 valence electrons. The van der Waals surface area contributed by atoms with Crippen LogP contribution in [0.25, 0.3) is 0 Å². The first-order valence-corrected chi connectivity index (χ1v) is 4.53. The number of ether oxygens (including phenoxy) is 2. The summed E-state index contributed by atoms with van der Waals surface area (Å²) >= 11 is 1.15. The fourth-order valence-electron chi connectivity index (χ4n) is 0.750. The van der Waals surface area contributed by atoms with Gasteiger partial charge < -0.3 is 14.6 Å². The number of hydrogen-bond acceptors (Lipinski definition) is 5. The van der Waals surface area contributed by atoms with Crippen LogP contribution in [-0.2, 0) is 9.53 Å². The van der Waals surface area contributed by atoms with E-state index in [-0.39, 0.29) is 0 Å². The van der Waals surface area contributed by atoms with Gasteiger partial charge in [-0.25, -0.2) is 9.59 Å². The molecule has 0 aromatic carbocycles. The lowest BCUT2D eigenvalue weighted by atomic mass is 10.3. The molecule has 0 spiro atoms. The molecule has 0 aliphatic heterocycles. The van der Waals surface area contributed by atoms with Crippen molar-refractivity contribution >= 4 is 23.3 Å². The van der Waals surface area contributed by atoms with Gasteiger partial charge in [-0.05, 0) is 0 Å². The summed E-state index contributed by atoms with van der Waals surface area (Å²) in [6.07, 6.45) is 0. The van der Waals surface area contributed by atoms with Crippen LogP contribution >= 0.6 is 11.3 Å². The lowest BCUT2D eigenvalue weighted by Crippen LogP contribution is -2.08. The number of carbonyl (C=O) groups is 2. The minimum atomic E-state index is -1.06. The third-order valence-electron chi connectivity index (χ3n) is 1.33. The number of hydrogen-bond donors (Lipinski definition) is 1. The molecule has 1 aromatic heterocycles. The SMILES string of the molecule is COC(=O)c1csc(OCC(=O)O)c1. The van der Waals surface area contributed by atoms with Gasteiger partial charge in [-0.15, -0.1) is 11.3 Å². The number of carboxylic acids is 1. The normalized spacial score (nSPS) is 9.50. The Morgan fingerprint density at radius 1 is 1.57 bits per heavy atom. The molecular weight excluding hydrogens is 208 g/mol. The number of thiophene rings is 1. The van der Waals surface area contributed by atoms with Gasteiger partial charge in [0, 0.05) is 11.4 Å². The van der Waals surface area contributed by atoms with Crippen LogP contribution in [0.15, 0.2) is 11.4 Å². The van der Waals surface area contributed by atoms with Crippen molar-refractivity contribution < 1.29 is 24.2 Å². The summed E-state index contributed by atoms with van der Waals surface area (Å²) < 4.78 is 9.32. The number of esters is 1. The van der Waals surface area contributed by atoms with Gasteiger partial charge in [0.2, 0.25) is 0 Å². The third kappa shape index (κ3) is 2.74. The summed E-state index contributed by atoms with van der Waals surface area (Å²) in [6, 6.07) is 1.44. The van der Waals surface area contributed by atoms with Crippen LogP contribution in [0.5, 0.6) is 5.06 Å². The van der Waals surface area contributed by atoms with Crippen LogP contribution in [0, 0.1) is 0 Å². The predicted molar refractivity (Wildman–Crippen MR) is 48.8 cm³/mol. The number of methoxy groups -OCH3 is 1. The quantitative estimate of drug-likeness (QED) is 0.760. The van der Waals surface area contributed by atoms with Crippen molar-refractivity contribution in [1.82, 2.24) is 0 Å². The molecule has 5 nitrogen and oxygen atoms in total. The van der Waals surface area contributed by atoms with Crippen LogP contribution in [-0.4, -0.2) is 30.8 Å². The molecule has 0 bridgehead atoms. The zero-order chi connectivity index (χ0) is 10.6. The monoisotopic (exact) mass is 216 g/mol. The fourth-order valence-corrected chi connectivity index (χ4v) is 1.48. The number of carboxylic acid groups (broad SMARTS) is 1. The standard InChI is InChI=1S/C8H8O5S/c1-12-8(11)5-2-7(14-4-5)13-3-6(9)10/h2,4H,3H2,1H3,(H,9,10). The van der Waals surface area contributed by atoms with Crippen LogP contribution in [0.3, 0.4) is 0 Å². The summed E-state index contributed by atoms with van der Waals surface area (Å²) in [5, 5.41) is 10.3. The zero-order valence-corrected chi connectivity index (χ0v) is 8.17. The lowest BCUT2D eigenvalue weighted by molar-refractivity contribution is -0.139. The van der Waals surface area contributed by atoms with Gasteiger partial charge in [0.1, 0.15) is 0 Å². The Kier molecular flexibility index (Phi) is 3.47. The molecular formula is C8H8O5S. The Morgan fingerprint density at radius 3 is 2.86 bits per heavy atom. The maximum Gasteiger partial charge on any atom is 0.341 e. The van der Waals surface area contributed by atoms with Crippen LogP contribution < -0.4 is 4.74 Å². The predicted octanol–water partition coefficient (Wildman–Crippen LogP) is 0.998. The molecule has 0 aliphatic carbocycles. The van der Waals surface area contributed by atoms with Gasteiger partial charge >= 0.3 is 11.9 Å². The molecule has 0 fully saturated rings. The minimum absolute atomic E-state index is 0.359. The molecule has 0 saturated carbocycles. The van der Waals surface area contributed by atoms with E-state index in [0.717, 1.165) is 11.3 Å². The van der Waals surface area contributed by atoms with Crippen LogP contribution in [0.4, 0.5) is 0 Å². The van der Waals surface area contributed by atoms with E-state index < -0.39 is 18.5 Å². The first-order valence-electron chi connectivity index (χ1n) is 3.65. The molecule has 0 saturated heterocycles. The summed E-state index contributed by atoms with van der Waals surface area (Å²) in [5.41, 5.74) is 0.359. The van der Waals surface area contributed by atoms with E-state index in [2.05, 4.69) is 4.74 Å². The van der Waals surface area contributed by atoms with Gasteiger partial charge in [-0.3, -0.25) is 0 Å². The molecule has 0 amide bonds. The minimum Gasteiger partial charge on any atom is -0.479 e. The number of rotatable bonds is 4. The zero-order valence-electron chi connectivity index (χ0n) is 7.35. The Bertz CT molecular complexity index is 343. The highest BCUT2D eigenvalue weighted by atomic mass is 32.1. The fraction of sp³-hybridized carbons (Fsp3) is 0.250. The van der Waals surface area contributed by atoms with Crippen molar-refractivity contribution in [2.75, 3.05) is 13.7 Å². The first kappa shape index (κ1) is 10.5. The molecule has 0 aliphatic rings. The topological polar surface area (TPSA) is 72.8 Å². The van der Waals surface area contributed by atoms with Crippen molar-refractivity contribution in [3.05, 3.63) is 17.0 Å². The van der Waals surface area contributed by atoms with E-state index in [9.17, 15) is 9.59 Å². The average molecular weight is 216 g/mol. The third-order valence-corrected chi connectivity index (χ3v) is 2.17. The van der Waals surface area contributed by atoms with Gasteiger partial charge in [0.15, 0.2) is 11.7 Å². The van der Waals surface area contributed by atoms with E-state index in [1.165, 1.54) is 13.2 Å². The second-order valence-electron chi connectivity index (χ2n) is 2.33. The Morgan fingerprint density at radius 2 is 2.29 bits per heavy atom. The molecule has 0 unspecified atom stereocenters. The second kappa shape index (κ2) is 4.61. The van der Waals surface area contributed by atoms with Crippen molar-refractivity contribution in [2.24, 2.45) is 0 Å². The molecule has 1 heterocycles. The Hall–Kier alpha value is -1.56. The molecule has 1 N–H and O–H groups in total. The van der Waals surface area contributed by atoms with Crippen LogP contribution in [0.1, 0.15) is 10.4 Å². The maximum absolute atomic E-state index is 11.0. The number of aliphatic carboxylic acids is 1. The van der Waals surface area contributed by atoms with Gasteiger partial charge in [-0.2, -0.15) is 0 Å². The lowest BCUT2D eigenvalue weighted by Gasteiger charge is -1.96. The maximum atomic E-state index is 11.0. The average Bonchev–Trinajstić information content (AvgIpc) is 2.62. The first-order chi connectivity index (χ1) is 6.63. The Labute approximate surface area is 83.9 Å². The Balaban J connectivity index is 2.59. The van der Waals surface area contributed by atoms with Gasteiger partial charge in [0.05, 0.1) is 12.7 Å². The van der Waals surface area contributed by atoms with Crippen molar-refractivity contribution in [3.8, 4) is 5.06 Å². The largest absolute Gasteiger partial charge is 0.479 e. The smallest absolute Gasteiger partial charge is 0.341 e. The highest BCUT2D eigenvalue weighted by molar-refractivity contribution is 7.12. The molecule has 0 radical (unpaired) electrons. The second-order valence-corrected chi connectivity index (χ2v) is 3.20. The molecule has 14 heavy (non-hydrogen) atoms. The molecule has 6 heteroatoms. The van der Waals surface area contributed by atoms with E-state index >= 15 is 0 Å². The molecule has 0 atom stereocenters. The summed E-state index contributed by atoms with van der Waals surface area (Å²) in [5.74, 6) is -1.52. The van der Waals surface area contributed by atoms with E-state index in [0.29, 0.717) is 10.6 Å². The van der Waals surface area contributed by atoms with E-state index in [1.807, 2.05) is 0 Å². The van der Waals surface area contributed by atoms with Gasteiger partial charge in [0.25, 0.3) is 0 Å².